The monoisotopic (exact) mass is 294 g/mol. The first-order chi connectivity index (χ1) is 8.16. The Labute approximate surface area is 111 Å². The normalized spacial score (nSPS) is 11.5. The van der Waals surface area contributed by atoms with Crippen LogP contribution in [0.2, 0.25) is 0 Å². The van der Waals surface area contributed by atoms with E-state index < -0.39 is 0 Å². The van der Waals surface area contributed by atoms with E-state index in [0.717, 1.165) is 24.0 Å². The molecule has 1 aromatic carbocycles. The van der Waals surface area contributed by atoms with Crippen LogP contribution in [-0.2, 0) is 6.42 Å². The molecule has 1 aromatic heterocycles. The molecule has 92 valence electrons. The summed E-state index contributed by atoms with van der Waals surface area (Å²) in [5.74, 6) is 0.715. The summed E-state index contributed by atoms with van der Waals surface area (Å²) in [6.45, 7) is 6.59. The molecule has 2 N–H and O–H groups in total. The zero-order chi connectivity index (χ0) is 12.3. The van der Waals surface area contributed by atoms with Crippen molar-refractivity contribution in [3.8, 4) is 0 Å². The van der Waals surface area contributed by atoms with Crippen molar-refractivity contribution >= 4 is 26.8 Å². The van der Waals surface area contributed by atoms with Crippen LogP contribution in [0.15, 0.2) is 28.9 Å². The third-order valence-electron chi connectivity index (χ3n) is 2.85. The molecule has 0 aliphatic rings. The number of H-pyrrole nitrogens is 1. The van der Waals surface area contributed by atoms with Gasteiger partial charge in [-0.05, 0) is 49.2 Å². The van der Waals surface area contributed by atoms with E-state index in [2.05, 4.69) is 64.5 Å². The van der Waals surface area contributed by atoms with E-state index in [0.29, 0.717) is 5.92 Å². The second-order valence-corrected chi connectivity index (χ2v) is 5.77. The van der Waals surface area contributed by atoms with Crippen molar-refractivity contribution in [2.24, 2.45) is 5.92 Å². The highest BCUT2D eigenvalue weighted by molar-refractivity contribution is 9.10. The summed E-state index contributed by atoms with van der Waals surface area (Å²) in [6.07, 6.45) is 3.19. The fourth-order valence-corrected chi connectivity index (χ4v) is 2.33. The standard InChI is InChI=1S/C14H19BrN2/c1-10(2)8-16-6-5-11-9-17-14-4-3-12(15)7-13(11)14/h3-4,7,9-10,16-17H,5-6,8H2,1-2H3. The molecule has 1 heterocycles. The van der Waals surface area contributed by atoms with Gasteiger partial charge in [0.15, 0.2) is 0 Å². The minimum Gasteiger partial charge on any atom is -0.361 e. The van der Waals surface area contributed by atoms with Gasteiger partial charge in [-0.2, -0.15) is 0 Å². The Morgan fingerprint density at radius 3 is 2.94 bits per heavy atom. The van der Waals surface area contributed by atoms with E-state index in [4.69, 9.17) is 0 Å². The Morgan fingerprint density at radius 1 is 1.35 bits per heavy atom. The average molecular weight is 295 g/mol. The Kier molecular flexibility index (Phi) is 4.24. The van der Waals surface area contributed by atoms with Crippen molar-refractivity contribution in [2.45, 2.75) is 20.3 Å². The smallest absolute Gasteiger partial charge is 0.0457 e. The molecule has 0 aliphatic heterocycles. The Balaban J connectivity index is 2.01. The van der Waals surface area contributed by atoms with Crippen molar-refractivity contribution in [3.05, 3.63) is 34.4 Å². The van der Waals surface area contributed by atoms with Crippen LogP contribution in [0.3, 0.4) is 0 Å². The van der Waals surface area contributed by atoms with E-state index in [1.54, 1.807) is 0 Å². The van der Waals surface area contributed by atoms with Crippen LogP contribution in [0.5, 0.6) is 0 Å². The van der Waals surface area contributed by atoms with Crippen LogP contribution in [0.1, 0.15) is 19.4 Å². The van der Waals surface area contributed by atoms with Gasteiger partial charge >= 0.3 is 0 Å². The Bertz CT molecular complexity index is 488. The number of hydrogen-bond acceptors (Lipinski definition) is 1. The van der Waals surface area contributed by atoms with Crippen molar-refractivity contribution in [2.75, 3.05) is 13.1 Å². The van der Waals surface area contributed by atoms with Gasteiger partial charge < -0.3 is 10.3 Å². The third-order valence-corrected chi connectivity index (χ3v) is 3.35. The molecule has 0 saturated carbocycles. The molecule has 2 aromatic rings. The fraction of sp³-hybridized carbons (Fsp3) is 0.429. The van der Waals surface area contributed by atoms with E-state index >= 15 is 0 Å². The molecule has 0 unspecified atom stereocenters. The molecule has 0 radical (unpaired) electrons. The lowest BCUT2D eigenvalue weighted by Gasteiger charge is -2.06. The lowest BCUT2D eigenvalue weighted by Crippen LogP contribution is -2.21. The van der Waals surface area contributed by atoms with E-state index in [1.165, 1.54) is 16.5 Å². The van der Waals surface area contributed by atoms with Crippen LogP contribution in [0.25, 0.3) is 10.9 Å². The number of rotatable bonds is 5. The number of aromatic nitrogens is 1. The highest BCUT2D eigenvalue weighted by Gasteiger charge is 2.03. The summed E-state index contributed by atoms with van der Waals surface area (Å²) >= 11 is 3.52. The lowest BCUT2D eigenvalue weighted by molar-refractivity contribution is 0.555. The molecule has 0 amide bonds. The van der Waals surface area contributed by atoms with E-state index in [9.17, 15) is 0 Å². The first-order valence-corrected chi connectivity index (χ1v) is 6.92. The second-order valence-electron chi connectivity index (χ2n) is 4.85. The van der Waals surface area contributed by atoms with Gasteiger partial charge in [0.25, 0.3) is 0 Å². The van der Waals surface area contributed by atoms with Gasteiger partial charge in [-0.25, -0.2) is 0 Å². The molecule has 0 spiro atoms. The summed E-state index contributed by atoms with van der Waals surface area (Å²) in [6, 6.07) is 6.37. The zero-order valence-corrected chi connectivity index (χ0v) is 12.0. The Morgan fingerprint density at radius 2 is 2.18 bits per heavy atom. The number of nitrogens with one attached hydrogen (secondary N) is 2. The minimum absolute atomic E-state index is 0.715. The number of halogens is 1. The van der Waals surface area contributed by atoms with Crippen molar-refractivity contribution in [1.29, 1.82) is 0 Å². The maximum atomic E-state index is 3.52. The number of hydrogen-bond donors (Lipinski definition) is 2. The maximum Gasteiger partial charge on any atom is 0.0457 e. The molecule has 17 heavy (non-hydrogen) atoms. The number of benzene rings is 1. The molecular formula is C14H19BrN2. The highest BCUT2D eigenvalue weighted by atomic mass is 79.9. The van der Waals surface area contributed by atoms with Gasteiger partial charge in [0.05, 0.1) is 0 Å². The lowest BCUT2D eigenvalue weighted by atomic mass is 10.1. The van der Waals surface area contributed by atoms with Gasteiger partial charge in [0.1, 0.15) is 0 Å². The first-order valence-electron chi connectivity index (χ1n) is 6.13. The molecule has 0 atom stereocenters. The van der Waals surface area contributed by atoms with Crippen molar-refractivity contribution in [1.82, 2.24) is 10.3 Å². The average Bonchev–Trinajstić information content (AvgIpc) is 2.67. The van der Waals surface area contributed by atoms with Gasteiger partial charge in [0, 0.05) is 21.6 Å². The quantitative estimate of drug-likeness (QED) is 0.808. The van der Waals surface area contributed by atoms with Gasteiger partial charge in [-0.3, -0.25) is 0 Å². The molecule has 2 nitrogen and oxygen atoms in total. The molecule has 3 heteroatoms. The zero-order valence-electron chi connectivity index (χ0n) is 10.4. The van der Waals surface area contributed by atoms with Crippen LogP contribution >= 0.6 is 15.9 Å². The molecule has 2 rings (SSSR count). The van der Waals surface area contributed by atoms with Gasteiger partial charge in [0.2, 0.25) is 0 Å². The summed E-state index contributed by atoms with van der Waals surface area (Å²) in [5, 5.41) is 4.80. The van der Waals surface area contributed by atoms with Gasteiger partial charge in [-0.1, -0.05) is 29.8 Å². The summed E-state index contributed by atoms with van der Waals surface area (Å²) < 4.78 is 1.14. The fourth-order valence-electron chi connectivity index (χ4n) is 1.97. The second kappa shape index (κ2) is 5.69. The minimum atomic E-state index is 0.715. The largest absolute Gasteiger partial charge is 0.361 e. The molecule has 0 saturated heterocycles. The summed E-state index contributed by atoms with van der Waals surface area (Å²) in [5.41, 5.74) is 2.60. The molecule has 0 bridgehead atoms. The predicted molar refractivity (Wildman–Crippen MR) is 77.4 cm³/mol. The first kappa shape index (κ1) is 12.7. The van der Waals surface area contributed by atoms with Gasteiger partial charge in [-0.15, -0.1) is 0 Å². The maximum absolute atomic E-state index is 3.52. The number of fused-ring (bicyclic) bond motifs is 1. The summed E-state index contributed by atoms with van der Waals surface area (Å²) in [4.78, 5) is 3.32. The third kappa shape index (κ3) is 3.33. The Hall–Kier alpha value is -0.800. The summed E-state index contributed by atoms with van der Waals surface area (Å²) in [7, 11) is 0. The SMILES string of the molecule is CC(C)CNCCc1c[nH]c2ccc(Br)cc12. The predicted octanol–water partition coefficient (Wildman–Crippen LogP) is 3.72. The van der Waals surface area contributed by atoms with Crippen LogP contribution in [-0.4, -0.2) is 18.1 Å². The van der Waals surface area contributed by atoms with E-state index in [1.807, 2.05) is 0 Å². The van der Waals surface area contributed by atoms with Crippen molar-refractivity contribution < 1.29 is 0 Å². The molecule has 0 fully saturated rings. The van der Waals surface area contributed by atoms with E-state index in [-0.39, 0.29) is 0 Å². The number of aromatic amines is 1. The van der Waals surface area contributed by atoms with Crippen LogP contribution in [0.4, 0.5) is 0 Å². The molecule has 0 aliphatic carbocycles. The van der Waals surface area contributed by atoms with Crippen LogP contribution < -0.4 is 5.32 Å². The van der Waals surface area contributed by atoms with Crippen LogP contribution in [0, 0.1) is 5.92 Å². The topological polar surface area (TPSA) is 27.8 Å². The van der Waals surface area contributed by atoms with Crippen molar-refractivity contribution in [3.63, 3.8) is 0 Å². The highest BCUT2D eigenvalue weighted by Crippen LogP contribution is 2.22. The molecular weight excluding hydrogens is 276 g/mol.